The number of rotatable bonds is 3. The van der Waals surface area contributed by atoms with Gasteiger partial charge in [-0.15, -0.1) is 0 Å². The van der Waals surface area contributed by atoms with E-state index in [0.29, 0.717) is 16.8 Å². The van der Waals surface area contributed by atoms with Crippen LogP contribution in [0.2, 0.25) is 0 Å². The number of piperidine rings is 1. The number of nitrogens with zero attached hydrogens (tertiary/aromatic N) is 1. The fraction of sp³-hybridized carbons (Fsp3) is 0.318. The Bertz CT molecular complexity index is 914. The van der Waals surface area contributed by atoms with Crippen LogP contribution < -0.4 is 15.5 Å². The largest absolute Gasteiger partial charge is 0.371 e. The lowest BCUT2D eigenvalue weighted by molar-refractivity contribution is -0.110. The zero-order chi connectivity index (χ0) is 19.0. The summed E-state index contributed by atoms with van der Waals surface area (Å²) >= 11 is 0. The van der Waals surface area contributed by atoms with Crippen molar-refractivity contribution in [2.75, 3.05) is 28.6 Å². The summed E-state index contributed by atoms with van der Waals surface area (Å²) < 4.78 is 14.1. The standard InChI is InChI=1S/C22H24FN3O/c1-14-8-10-26(11-9-14)20-7-6-16(12-15(20)2)24-13-17-21-18(23)4-3-5-19(21)25-22(17)27/h3-7,12-14,24H,8-11H2,1-2H3,(H,25,27)/b17-13+. The van der Waals surface area contributed by atoms with Crippen LogP contribution in [0.25, 0.3) is 5.57 Å². The molecule has 2 N–H and O–H groups in total. The number of benzene rings is 2. The second kappa shape index (κ2) is 7.06. The summed E-state index contributed by atoms with van der Waals surface area (Å²) in [4.78, 5) is 14.6. The van der Waals surface area contributed by atoms with Crippen molar-refractivity contribution >= 4 is 28.5 Å². The second-order valence-electron chi connectivity index (χ2n) is 7.49. The minimum absolute atomic E-state index is 0.293. The van der Waals surface area contributed by atoms with E-state index < -0.39 is 5.82 Å². The number of carbonyl (C=O) groups excluding carboxylic acids is 1. The topological polar surface area (TPSA) is 44.4 Å². The van der Waals surface area contributed by atoms with E-state index in [2.05, 4.69) is 41.5 Å². The van der Waals surface area contributed by atoms with Gasteiger partial charge in [0.1, 0.15) is 5.82 Å². The first-order chi connectivity index (χ1) is 13.0. The van der Waals surface area contributed by atoms with Crippen molar-refractivity contribution < 1.29 is 9.18 Å². The van der Waals surface area contributed by atoms with Crippen LogP contribution in [-0.2, 0) is 4.79 Å². The molecule has 0 atom stereocenters. The van der Waals surface area contributed by atoms with E-state index in [1.807, 2.05) is 6.07 Å². The van der Waals surface area contributed by atoms with Gasteiger partial charge in [0.2, 0.25) is 0 Å². The van der Waals surface area contributed by atoms with E-state index in [1.54, 1.807) is 18.3 Å². The van der Waals surface area contributed by atoms with Crippen LogP contribution in [0.1, 0.15) is 30.9 Å². The van der Waals surface area contributed by atoms with Crippen molar-refractivity contribution in [3.8, 4) is 0 Å². The molecule has 0 aromatic heterocycles. The van der Waals surface area contributed by atoms with E-state index in [9.17, 15) is 9.18 Å². The molecule has 2 heterocycles. The molecule has 0 aliphatic carbocycles. The third-order valence-electron chi connectivity index (χ3n) is 5.48. The maximum absolute atomic E-state index is 14.1. The Labute approximate surface area is 159 Å². The number of nitrogens with one attached hydrogen (secondary N) is 2. The maximum atomic E-state index is 14.1. The monoisotopic (exact) mass is 365 g/mol. The van der Waals surface area contributed by atoms with Crippen LogP contribution in [0.4, 0.5) is 21.5 Å². The van der Waals surface area contributed by atoms with Crippen LogP contribution in [0.15, 0.2) is 42.6 Å². The van der Waals surface area contributed by atoms with Gasteiger partial charge in [-0.25, -0.2) is 4.39 Å². The molecule has 1 saturated heterocycles. The fourth-order valence-corrected chi connectivity index (χ4v) is 3.85. The highest BCUT2D eigenvalue weighted by molar-refractivity contribution is 6.31. The highest BCUT2D eigenvalue weighted by atomic mass is 19.1. The molecule has 0 radical (unpaired) electrons. The quantitative estimate of drug-likeness (QED) is 0.770. The van der Waals surface area contributed by atoms with Crippen LogP contribution >= 0.6 is 0 Å². The molecular formula is C22H24FN3O. The molecule has 4 rings (SSSR count). The molecule has 2 aliphatic rings. The molecule has 1 fully saturated rings. The summed E-state index contributed by atoms with van der Waals surface area (Å²) in [6.07, 6.45) is 4.04. The smallest absolute Gasteiger partial charge is 0.257 e. The fourth-order valence-electron chi connectivity index (χ4n) is 3.85. The third-order valence-corrected chi connectivity index (χ3v) is 5.48. The van der Waals surface area contributed by atoms with Gasteiger partial charge in [-0.2, -0.15) is 0 Å². The minimum atomic E-state index is -0.398. The van der Waals surface area contributed by atoms with Crippen LogP contribution in [0.5, 0.6) is 0 Å². The molecule has 0 bridgehead atoms. The lowest BCUT2D eigenvalue weighted by Gasteiger charge is -2.33. The van der Waals surface area contributed by atoms with E-state index in [1.165, 1.54) is 30.2 Å². The summed E-state index contributed by atoms with van der Waals surface area (Å²) in [7, 11) is 0. The van der Waals surface area contributed by atoms with Crippen molar-refractivity contribution in [2.45, 2.75) is 26.7 Å². The van der Waals surface area contributed by atoms with Gasteiger partial charge in [-0.05, 0) is 61.6 Å². The first-order valence-electron chi connectivity index (χ1n) is 9.45. The van der Waals surface area contributed by atoms with Crippen molar-refractivity contribution in [3.63, 3.8) is 0 Å². The Morgan fingerprint density at radius 3 is 2.74 bits per heavy atom. The lowest BCUT2D eigenvalue weighted by Crippen LogP contribution is -2.33. The number of amides is 1. The molecule has 0 saturated carbocycles. The van der Waals surface area contributed by atoms with Gasteiger partial charge in [0.15, 0.2) is 0 Å². The Morgan fingerprint density at radius 1 is 1.22 bits per heavy atom. The van der Waals surface area contributed by atoms with Crippen molar-refractivity contribution in [3.05, 3.63) is 59.5 Å². The van der Waals surface area contributed by atoms with Crippen LogP contribution in [0.3, 0.4) is 0 Å². The average Bonchev–Trinajstić information content (AvgIpc) is 2.97. The summed E-state index contributed by atoms with van der Waals surface area (Å²) in [5.74, 6) is 0.109. The highest BCUT2D eigenvalue weighted by Gasteiger charge is 2.27. The van der Waals surface area contributed by atoms with E-state index in [0.717, 1.165) is 24.7 Å². The van der Waals surface area contributed by atoms with E-state index >= 15 is 0 Å². The Hall–Kier alpha value is -2.82. The second-order valence-corrected chi connectivity index (χ2v) is 7.49. The molecule has 27 heavy (non-hydrogen) atoms. The predicted octanol–water partition coefficient (Wildman–Crippen LogP) is 4.78. The number of halogens is 1. The van der Waals surface area contributed by atoms with E-state index in [-0.39, 0.29) is 5.91 Å². The average molecular weight is 365 g/mol. The number of carbonyl (C=O) groups is 1. The summed E-state index contributed by atoms with van der Waals surface area (Å²) in [6, 6.07) is 10.9. The van der Waals surface area contributed by atoms with Gasteiger partial charge in [0.05, 0.1) is 11.3 Å². The zero-order valence-electron chi connectivity index (χ0n) is 15.7. The Kier molecular flexibility index (Phi) is 4.60. The first kappa shape index (κ1) is 17.6. The highest BCUT2D eigenvalue weighted by Crippen LogP contribution is 2.34. The molecule has 140 valence electrons. The first-order valence-corrected chi connectivity index (χ1v) is 9.45. The normalized spacial score (nSPS) is 18.6. The summed E-state index contributed by atoms with van der Waals surface area (Å²) in [5, 5.41) is 5.85. The summed E-state index contributed by atoms with van der Waals surface area (Å²) in [6.45, 7) is 6.60. The van der Waals surface area contributed by atoms with Gasteiger partial charge in [0.25, 0.3) is 5.91 Å². The van der Waals surface area contributed by atoms with Crippen LogP contribution in [-0.4, -0.2) is 19.0 Å². The zero-order valence-corrected chi connectivity index (χ0v) is 15.7. The van der Waals surface area contributed by atoms with E-state index in [4.69, 9.17) is 0 Å². The number of fused-ring (bicyclic) bond motifs is 1. The third kappa shape index (κ3) is 3.42. The van der Waals surface area contributed by atoms with Crippen molar-refractivity contribution in [1.82, 2.24) is 0 Å². The summed E-state index contributed by atoms with van der Waals surface area (Å²) in [5.41, 5.74) is 4.48. The number of anilines is 3. The van der Waals surface area contributed by atoms with Gasteiger partial charge >= 0.3 is 0 Å². The maximum Gasteiger partial charge on any atom is 0.257 e. The van der Waals surface area contributed by atoms with Gasteiger partial charge in [-0.3, -0.25) is 4.79 Å². The predicted molar refractivity (Wildman–Crippen MR) is 108 cm³/mol. The lowest BCUT2D eigenvalue weighted by atomic mass is 9.98. The van der Waals surface area contributed by atoms with Gasteiger partial charge < -0.3 is 15.5 Å². The molecule has 1 amide bonds. The molecule has 5 heteroatoms. The molecule has 2 aromatic rings. The molecule has 2 aromatic carbocycles. The van der Waals surface area contributed by atoms with Gasteiger partial charge in [0, 0.05) is 36.2 Å². The molecule has 0 unspecified atom stereocenters. The minimum Gasteiger partial charge on any atom is -0.371 e. The number of hydrogen-bond acceptors (Lipinski definition) is 3. The Morgan fingerprint density at radius 2 is 2.00 bits per heavy atom. The Balaban J connectivity index is 1.54. The van der Waals surface area contributed by atoms with Crippen LogP contribution in [0, 0.1) is 18.7 Å². The van der Waals surface area contributed by atoms with Crippen molar-refractivity contribution in [1.29, 1.82) is 0 Å². The molecular weight excluding hydrogens is 341 g/mol. The molecule has 2 aliphatic heterocycles. The molecule has 4 nitrogen and oxygen atoms in total. The molecule has 0 spiro atoms. The van der Waals surface area contributed by atoms with Gasteiger partial charge in [-0.1, -0.05) is 13.0 Å². The van der Waals surface area contributed by atoms with Crippen molar-refractivity contribution in [2.24, 2.45) is 5.92 Å². The SMILES string of the molecule is Cc1cc(N/C=C2/C(=O)Nc3cccc(F)c32)ccc1N1CCC(C)CC1. The number of hydrogen-bond donors (Lipinski definition) is 2. The number of aryl methyl sites for hydroxylation is 1.